The molecular weight excluding hydrogens is 501 g/mol. The number of ether oxygens (including phenoxy) is 2. The molecule has 0 fully saturated rings. The van der Waals surface area contributed by atoms with Crippen LogP contribution in [0.1, 0.15) is 18.2 Å². The number of rotatable bonds is 5. The Labute approximate surface area is 179 Å². The number of guanidine groups is 1. The number of fused-ring (bicyclic) bond motifs is 1. The lowest BCUT2D eigenvalue weighted by atomic mass is 10.3. The van der Waals surface area contributed by atoms with E-state index < -0.39 is 9.84 Å². The second kappa shape index (κ2) is 9.60. The van der Waals surface area contributed by atoms with E-state index in [1.54, 1.807) is 19.1 Å². The summed E-state index contributed by atoms with van der Waals surface area (Å²) in [5.41, 5.74) is 6.68. The van der Waals surface area contributed by atoms with E-state index in [0.717, 1.165) is 17.0 Å². The minimum atomic E-state index is -3.18. The summed E-state index contributed by atoms with van der Waals surface area (Å²) in [6.45, 7) is 3.19. The van der Waals surface area contributed by atoms with Crippen molar-refractivity contribution < 1.29 is 17.9 Å². The van der Waals surface area contributed by atoms with Gasteiger partial charge in [0.1, 0.15) is 4.21 Å². The summed E-state index contributed by atoms with van der Waals surface area (Å²) in [4.78, 5) is 5.10. The van der Waals surface area contributed by atoms with E-state index in [2.05, 4.69) is 10.3 Å². The highest BCUT2D eigenvalue weighted by molar-refractivity contribution is 14.0. The highest BCUT2D eigenvalue weighted by Gasteiger charge is 2.14. The molecule has 0 saturated carbocycles. The van der Waals surface area contributed by atoms with Crippen LogP contribution in [0.3, 0.4) is 0 Å². The van der Waals surface area contributed by atoms with Gasteiger partial charge in [0.2, 0.25) is 0 Å². The highest BCUT2D eigenvalue weighted by atomic mass is 127. The molecule has 0 atom stereocenters. The van der Waals surface area contributed by atoms with Crippen LogP contribution in [0.5, 0.6) is 11.5 Å². The van der Waals surface area contributed by atoms with Gasteiger partial charge in [-0.15, -0.1) is 35.3 Å². The second-order valence-corrected chi connectivity index (χ2v) is 9.34. The molecule has 1 aliphatic heterocycles. The van der Waals surface area contributed by atoms with Crippen molar-refractivity contribution in [2.75, 3.05) is 24.3 Å². The summed E-state index contributed by atoms with van der Waals surface area (Å²) in [6.07, 6.45) is 0.845. The zero-order chi connectivity index (χ0) is 18.6. The van der Waals surface area contributed by atoms with Crippen LogP contribution in [0.15, 0.2) is 39.5 Å². The molecular formula is C17H22IN3O4S2. The summed E-state index contributed by atoms with van der Waals surface area (Å²) >= 11 is 1.22. The molecule has 10 heteroatoms. The van der Waals surface area contributed by atoms with Crippen molar-refractivity contribution in [3.8, 4) is 11.5 Å². The fourth-order valence-corrected chi connectivity index (χ4v) is 4.75. The normalized spacial score (nSPS) is 14.2. The smallest absolute Gasteiger partial charge is 0.193 e. The van der Waals surface area contributed by atoms with E-state index >= 15 is 0 Å². The molecule has 0 amide bonds. The van der Waals surface area contributed by atoms with E-state index in [-0.39, 0.29) is 35.7 Å². The molecule has 1 aromatic carbocycles. The van der Waals surface area contributed by atoms with Crippen LogP contribution in [0.2, 0.25) is 0 Å². The Kier molecular flexibility index (Phi) is 7.74. The Morgan fingerprint density at radius 1 is 1.22 bits per heavy atom. The predicted octanol–water partition coefficient (Wildman–Crippen LogP) is 3.25. The van der Waals surface area contributed by atoms with Crippen molar-refractivity contribution in [1.82, 2.24) is 0 Å². The fourth-order valence-electron chi connectivity index (χ4n) is 2.34. The lowest BCUT2D eigenvalue weighted by Gasteiger charge is -2.10. The van der Waals surface area contributed by atoms with Crippen LogP contribution in [-0.2, 0) is 16.4 Å². The number of sulfone groups is 1. The van der Waals surface area contributed by atoms with Crippen molar-refractivity contribution in [2.45, 2.75) is 24.1 Å². The Morgan fingerprint density at radius 3 is 2.70 bits per heavy atom. The topological polar surface area (TPSA) is 103 Å². The third-order valence-corrected chi connectivity index (χ3v) is 7.13. The SMILES string of the molecule is CCS(=O)(=O)c1ccc(CN=C(N)Nc2ccc3c(c2)OCCCO3)s1.I. The first-order valence-electron chi connectivity index (χ1n) is 8.26. The van der Waals surface area contributed by atoms with Crippen LogP contribution in [0, 0.1) is 0 Å². The molecule has 148 valence electrons. The molecule has 0 saturated heterocycles. The first kappa shape index (κ1) is 21.8. The van der Waals surface area contributed by atoms with E-state index in [1.807, 2.05) is 18.2 Å². The van der Waals surface area contributed by atoms with E-state index in [0.29, 0.717) is 35.5 Å². The van der Waals surface area contributed by atoms with Gasteiger partial charge in [-0.1, -0.05) is 6.92 Å². The molecule has 0 spiro atoms. The Hall–Kier alpha value is -1.53. The van der Waals surface area contributed by atoms with Crippen LogP contribution in [0.25, 0.3) is 0 Å². The van der Waals surface area contributed by atoms with Crippen molar-refractivity contribution in [1.29, 1.82) is 0 Å². The van der Waals surface area contributed by atoms with E-state index in [4.69, 9.17) is 15.2 Å². The van der Waals surface area contributed by atoms with Crippen molar-refractivity contribution in [3.63, 3.8) is 0 Å². The van der Waals surface area contributed by atoms with Gasteiger partial charge in [0.05, 0.1) is 25.5 Å². The number of thiophene rings is 1. The second-order valence-electron chi connectivity index (χ2n) is 5.66. The average molecular weight is 523 g/mol. The van der Waals surface area contributed by atoms with E-state index in [9.17, 15) is 8.42 Å². The maximum absolute atomic E-state index is 11.9. The fraction of sp³-hybridized carbons (Fsp3) is 0.353. The van der Waals surface area contributed by atoms with Crippen LogP contribution in [-0.4, -0.2) is 33.3 Å². The zero-order valence-corrected chi connectivity index (χ0v) is 18.8. The number of nitrogens with one attached hydrogen (secondary N) is 1. The van der Waals surface area contributed by atoms with Gasteiger partial charge >= 0.3 is 0 Å². The quantitative estimate of drug-likeness (QED) is 0.355. The minimum absolute atomic E-state index is 0. The number of anilines is 1. The molecule has 3 rings (SSSR count). The first-order chi connectivity index (χ1) is 12.5. The lowest BCUT2D eigenvalue weighted by molar-refractivity contribution is 0.297. The van der Waals surface area contributed by atoms with Gasteiger partial charge in [0.25, 0.3) is 0 Å². The van der Waals surface area contributed by atoms with Gasteiger partial charge in [0, 0.05) is 23.1 Å². The van der Waals surface area contributed by atoms with Crippen LogP contribution < -0.4 is 20.5 Å². The number of hydrogen-bond donors (Lipinski definition) is 2. The summed E-state index contributed by atoms with van der Waals surface area (Å²) in [6, 6.07) is 8.86. The number of benzene rings is 1. The number of halogens is 1. The van der Waals surface area contributed by atoms with Crippen LogP contribution >= 0.6 is 35.3 Å². The maximum Gasteiger partial charge on any atom is 0.193 e. The molecule has 3 N–H and O–H groups in total. The molecule has 7 nitrogen and oxygen atoms in total. The Bertz CT molecular complexity index is 913. The van der Waals surface area contributed by atoms with Gasteiger partial charge in [-0.2, -0.15) is 0 Å². The summed E-state index contributed by atoms with van der Waals surface area (Å²) < 4.78 is 35.3. The molecule has 27 heavy (non-hydrogen) atoms. The minimum Gasteiger partial charge on any atom is -0.490 e. The maximum atomic E-state index is 11.9. The molecule has 2 heterocycles. The number of aliphatic imine (C=N–C) groups is 1. The number of nitrogens with two attached hydrogens (primary N) is 1. The lowest BCUT2D eigenvalue weighted by Crippen LogP contribution is -2.22. The first-order valence-corrected chi connectivity index (χ1v) is 10.7. The van der Waals surface area contributed by atoms with Gasteiger partial charge in [-0.05, 0) is 24.3 Å². The number of nitrogens with zero attached hydrogens (tertiary/aromatic N) is 1. The molecule has 0 aliphatic carbocycles. The zero-order valence-electron chi connectivity index (χ0n) is 14.8. The summed E-state index contributed by atoms with van der Waals surface area (Å²) in [5.74, 6) is 1.72. The number of hydrogen-bond acceptors (Lipinski definition) is 6. The van der Waals surface area contributed by atoms with E-state index in [1.165, 1.54) is 11.3 Å². The third-order valence-electron chi connectivity index (χ3n) is 3.75. The summed E-state index contributed by atoms with van der Waals surface area (Å²) in [5, 5.41) is 3.01. The van der Waals surface area contributed by atoms with Crippen molar-refractivity contribution in [3.05, 3.63) is 35.2 Å². The monoisotopic (exact) mass is 523 g/mol. The highest BCUT2D eigenvalue weighted by Crippen LogP contribution is 2.32. The largest absolute Gasteiger partial charge is 0.490 e. The molecule has 0 unspecified atom stereocenters. The van der Waals surface area contributed by atoms with Crippen molar-refractivity contribution in [2.24, 2.45) is 10.7 Å². The molecule has 1 aliphatic rings. The predicted molar refractivity (Wildman–Crippen MR) is 118 cm³/mol. The van der Waals surface area contributed by atoms with Crippen LogP contribution in [0.4, 0.5) is 5.69 Å². The Morgan fingerprint density at radius 2 is 1.96 bits per heavy atom. The standard InChI is InChI=1S/C17H21N3O4S2.HI/c1-2-26(21,22)16-7-5-13(25-16)11-19-17(18)20-12-4-6-14-15(10-12)24-9-3-8-23-14;/h4-7,10H,2-3,8-9,11H2,1H3,(H3,18,19,20);1H. The van der Waals surface area contributed by atoms with Crippen molar-refractivity contribution >= 4 is 56.8 Å². The molecule has 1 aromatic heterocycles. The molecule has 0 radical (unpaired) electrons. The summed E-state index contributed by atoms with van der Waals surface area (Å²) in [7, 11) is -3.18. The third kappa shape index (κ3) is 5.72. The van der Waals surface area contributed by atoms with Gasteiger partial charge in [-0.25, -0.2) is 13.4 Å². The van der Waals surface area contributed by atoms with Gasteiger partial charge in [0.15, 0.2) is 27.3 Å². The Balaban J connectivity index is 0.00000261. The molecule has 2 aromatic rings. The average Bonchev–Trinajstić information content (AvgIpc) is 2.99. The van der Waals surface area contributed by atoms with Gasteiger partial charge in [-0.3, -0.25) is 0 Å². The van der Waals surface area contributed by atoms with Gasteiger partial charge < -0.3 is 20.5 Å². The molecule has 0 bridgehead atoms.